The molecular weight excluding hydrogens is 326 g/mol. The number of nitrogens with zero attached hydrogens (tertiary/aromatic N) is 5. The van der Waals surface area contributed by atoms with E-state index in [9.17, 15) is 0 Å². The summed E-state index contributed by atoms with van der Waals surface area (Å²) >= 11 is 0. The Morgan fingerprint density at radius 1 is 1.00 bits per heavy atom. The molecule has 2 aromatic carbocycles. The summed E-state index contributed by atoms with van der Waals surface area (Å²) in [7, 11) is 2.01. The highest BCUT2D eigenvalue weighted by atomic mass is 16.3. The maximum absolute atomic E-state index is 5.22. The van der Waals surface area contributed by atoms with Crippen LogP contribution in [0.5, 0.6) is 0 Å². The van der Waals surface area contributed by atoms with E-state index in [1.807, 2.05) is 35.7 Å². The van der Waals surface area contributed by atoms with Crippen LogP contribution in [0.4, 0.5) is 11.5 Å². The molecule has 5 aromatic rings. The van der Waals surface area contributed by atoms with Crippen LogP contribution in [0.1, 0.15) is 0 Å². The highest BCUT2D eigenvalue weighted by Crippen LogP contribution is 2.32. The quantitative estimate of drug-likeness (QED) is 0.489. The van der Waals surface area contributed by atoms with Crippen molar-refractivity contribution in [2.45, 2.75) is 0 Å². The van der Waals surface area contributed by atoms with Gasteiger partial charge in [0.1, 0.15) is 12.1 Å². The number of hydrogen-bond acceptors (Lipinski definition) is 5. The Morgan fingerprint density at radius 2 is 1.88 bits per heavy atom. The van der Waals surface area contributed by atoms with Gasteiger partial charge in [0.05, 0.1) is 18.0 Å². The van der Waals surface area contributed by atoms with Gasteiger partial charge in [-0.15, -0.1) is 10.2 Å². The highest BCUT2D eigenvalue weighted by Gasteiger charge is 2.15. The molecule has 0 radical (unpaired) electrons. The first-order valence-electron chi connectivity index (χ1n) is 8.26. The van der Waals surface area contributed by atoms with Crippen molar-refractivity contribution in [1.82, 2.24) is 19.6 Å². The smallest absolute Gasteiger partial charge is 0.257 e. The topological polar surface area (TPSA) is 59.5 Å². The third-order valence-electron chi connectivity index (χ3n) is 4.55. The molecule has 6 heteroatoms. The molecule has 0 amide bonds. The Kier molecular flexibility index (Phi) is 3.21. The van der Waals surface area contributed by atoms with E-state index >= 15 is 0 Å². The summed E-state index contributed by atoms with van der Waals surface area (Å²) < 4.78 is 7.13. The van der Waals surface area contributed by atoms with Crippen molar-refractivity contribution in [3.63, 3.8) is 0 Å². The molecule has 126 valence electrons. The molecule has 0 aliphatic carbocycles. The third-order valence-corrected chi connectivity index (χ3v) is 4.55. The largest absolute Gasteiger partial charge is 0.472 e. The third kappa shape index (κ3) is 2.23. The molecule has 0 N–H and O–H groups in total. The van der Waals surface area contributed by atoms with E-state index in [4.69, 9.17) is 9.40 Å². The lowest BCUT2D eigenvalue weighted by molar-refractivity contribution is 0.568. The number of anilines is 2. The van der Waals surface area contributed by atoms with Crippen molar-refractivity contribution in [3.05, 3.63) is 73.5 Å². The Hall–Kier alpha value is -3.67. The number of fused-ring (bicyclic) bond motifs is 3. The van der Waals surface area contributed by atoms with Gasteiger partial charge < -0.3 is 9.32 Å². The van der Waals surface area contributed by atoms with Crippen LogP contribution in [0, 0.1) is 0 Å². The van der Waals surface area contributed by atoms with Gasteiger partial charge in [0.15, 0.2) is 0 Å². The fraction of sp³-hybridized carbons (Fsp3) is 0.0500. The fourth-order valence-electron chi connectivity index (χ4n) is 3.19. The standard InChI is InChI=1S/C20H15N5O/c1-24(16-5-3-2-4-6-16)19-17-8-7-14(15-9-10-26-12-15)11-18(17)25-13-21-23-20(25)22-19/h2-13H,1H3. The van der Waals surface area contributed by atoms with Gasteiger partial charge in [0.2, 0.25) is 0 Å². The van der Waals surface area contributed by atoms with E-state index in [2.05, 4.69) is 45.4 Å². The van der Waals surface area contributed by atoms with Crippen LogP contribution in [-0.2, 0) is 0 Å². The minimum absolute atomic E-state index is 0.569. The van der Waals surface area contributed by atoms with Crippen LogP contribution in [0.15, 0.2) is 77.9 Å². The van der Waals surface area contributed by atoms with Crippen molar-refractivity contribution in [2.24, 2.45) is 0 Å². The Balaban J connectivity index is 1.78. The first-order valence-corrected chi connectivity index (χ1v) is 8.26. The van der Waals surface area contributed by atoms with E-state index < -0.39 is 0 Å². The van der Waals surface area contributed by atoms with E-state index in [0.29, 0.717) is 5.78 Å². The predicted molar refractivity (Wildman–Crippen MR) is 100 cm³/mol. The zero-order chi connectivity index (χ0) is 17.5. The van der Waals surface area contributed by atoms with Crippen LogP contribution in [-0.4, -0.2) is 26.6 Å². The molecule has 0 atom stereocenters. The van der Waals surface area contributed by atoms with Crippen molar-refractivity contribution in [1.29, 1.82) is 0 Å². The first-order chi connectivity index (χ1) is 12.8. The van der Waals surface area contributed by atoms with Gasteiger partial charge in [0, 0.05) is 23.7 Å². The highest BCUT2D eigenvalue weighted by molar-refractivity contribution is 5.95. The van der Waals surface area contributed by atoms with Crippen LogP contribution in [0.2, 0.25) is 0 Å². The molecule has 5 rings (SSSR count). The molecule has 0 spiro atoms. The molecule has 0 saturated carbocycles. The van der Waals surface area contributed by atoms with E-state index in [0.717, 1.165) is 33.5 Å². The number of furan rings is 1. The summed E-state index contributed by atoms with van der Waals surface area (Å²) in [5.41, 5.74) is 4.16. The predicted octanol–water partition coefficient (Wildman–Crippen LogP) is 4.31. The zero-order valence-corrected chi connectivity index (χ0v) is 14.1. The minimum Gasteiger partial charge on any atom is -0.472 e. The van der Waals surface area contributed by atoms with Gasteiger partial charge in [0.25, 0.3) is 5.78 Å². The Morgan fingerprint density at radius 3 is 2.69 bits per heavy atom. The molecule has 3 heterocycles. The Bertz CT molecular complexity index is 1200. The van der Waals surface area contributed by atoms with Crippen molar-refractivity contribution < 1.29 is 4.42 Å². The molecule has 0 saturated heterocycles. The fourth-order valence-corrected chi connectivity index (χ4v) is 3.19. The maximum Gasteiger partial charge on any atom is 0.257 e. The van der Waals surface area contributed by atoms with Gasteiger partial charge in [-0.25, -0.2) is 0 Å². The second-order valence-corrected chi connectivity index (χ2v) is 6.07. The summed E-state index contributed by atoms with van der Waals surface area (Å²) in [6.45, 7) is 0. The molecule has 0 fully saturated rings. The molecule has 26 heavy (non-hydrogen) atoms. The van der Waals surface area contributed by atoms with Crippen LogP contribution in [0.3, 0.4) is 0 Å². The lowest BCUT2D eigenvalue weighted by Gasteiger charge is -2.20. The average Bonchev–Trinajstić information content (AvgIpc) is 3.39. The van der Waals surface area contributed by atoms with Crippen molar-refractivity contribution >= 4 is 28.2 Å². The molecule has 3 aromatic heterocycles. The molecule has 0 bridgehead atoms. The summed E-state index contributed by atoms with van der Waals surface area (Å²) in [5.74, 6) is 1.41. The number of para-hydroxylation sites is 1. The van der Waals surface area contributed by atoms with Crippen LogP contribution >= 0.6 is 0 Å². The number of aromatic nitrogens is 4. The molecule has 0 aliphatic heterocycles. The zero-order valence-electron chi connectivity index (χ0n) is 14.1. The summed E-state index contributed by atoms with van der Waals surface area (Å²) in [4.78, 5) is 6.79. The van der Waals surface area contributed by atoms with E-state index in [1.54, 1.807) is 18.9 Å². The number of rotatable bonds is 3. The van der Waals surface area contributed by atoms with Gasteiger partial charge in [-0.1, -0.05) is 24.3 Å². The maximum atomic E-state index is 5.22. The molecular formula is C20H15N5O. The lowest BCUT2D eigenvalue weighted by Crippen LogP contribution is -2.12. The SMILES string of the molecule is CN(c1ccccc1)c1nc2nncn2c2cc(-c3ccoc3)ccc12. The molecule has 0 unspecified atom stereocenters. The molecule has 0 aliphatic rings. The van der Waals surface area contributed by atoms with Gasteiger partial charge in [-0.2, -0.15) is 4.98 Å². The lowest BCUT2D eigenvalue weighted by atomic mass is 10.1. The van der Waals surface area contributed by atoms with Crippen LogP contribution < -0.4 is 4.90 Å². The van der Waals surface area contributed by atoms with Crippen molar-refractivity contribution in [3.8, 4) is 11.1 Å². The summed E-state index contributed by atoms with van der Waals surface area (Å²) in [6.07, 6.45) is 5.11. The monoisotopic (exact) mass is 341 g/mol. The van der Waals surface area contributed by atoms with E-state index in [-0.39, 0.29) is 0 Å². The summed E-state index contributed by atoms with van der Waals surface area (Å²) in [6, 6.07) is 18.4. The number of benzene rings is 2. The van der Waals surface area contributed by atoms with Gasteiger partial charge in [-0.05, 0) is 35.9 Å². The second-order valence-electron chi connectivity index (χ2n) is 6.07. The summed E-state index contributed by atoms with van der Waals surface area (Å²) in [5, 5.41) is 9.21. The normalized spacial score (nSPS) is 11.3. The van der Waals surface area contributed by atoms with Gasteiger partial charge in [-0.3, -0.25) is 4.40 Å². The van der Waals surface area contributed by atoms with Gasteiger partial charge >= 0.3 is 0 Å². The first kappa shape index (κ1) is 14.7. The Labute approximate surface area is 149 Å². The van der Waals surface area contributed by atoms with Crippen molar-refractivity contribution in [2.75, 3.05) is 11.9 Å². The second kappa shape index (κ2) is 5.70. The number of hydrogen-bond donors (Lipinski definition) is 0. The van der Waals surface area contributed by atoms with Crippen LogP contribution in [0.25, 0.3) is 27.8 Å². The average molecular weight is 341 g/mol. The molecule has 6 nitrogen and oxygen atoms in total. The van der Waals surface area contributed by atoms with E-state index in [1.165, 1.54) is 0 Å². The minimum atomic E-state index is 0.569.